The Hall–Kier alpha value is -2.44. The first-order valence-corrected chi connectivity index (χ1v) is 10.7. The summed E-state index contributed by atoms with van der Waals surface area (Å²) in [5, 5.41) is 1.06. The molecule has 1 heterocycles. The first kappa shape index (κ1) is 19.3. The zero-order valence-electron chi connectivity index (χ0n) is 15.7. The number of ether oxygens (including phenoxy) is 2. The minimum absolute atomic E-state index is 0.300. The molecular formula is C21H23NO4S. The zero-order chi connectivity index (χ0) is 19.4. The number of aryl methyl sites for hydroxylation is 1. The molecule has 3 rings (SSSR count). The molecule has 1 aromatic heterocycles. The summed E-state index contributed by atoms with van der Waals surface area (Å²) in [5.41, 5.74) is 3.61. The van der Waals surface area contributed by atoms with Crippen molar-refractivity contribution in [2.75, 3.05) is 26.1 Å². The van der Waals surface area contributed by atoms with Gasteiger partial charge in [0.1, 0.15) is 12.4 Å². The number of rotatable bonds is 7. The molecule has 0 aliphatic carbocycles. The van der Waals surface area contributed by atoms with E-state index in [2.05, 4.69) is 0 Å². The van der Waals surface area contributed by atoms with Gasteiger partial charge >= 0.3 is 0 Å². The van der Waals surface area contributed by atoms with Gasteiger partial charge in [0, 0.05) is 29.9 Å². The van der Waals surface area contributed by atoms with Crippen LogP contribution in [0.15, 0.2) is 53.4 Å². The molecule has 0 unspecified atom stereocenters. The third-order valence-electron chi connectivity index (χ3n) is 4.27. The van der Waals surface area contributed by atoms with E-state index in [4.69, 9.17) is 14.5 Å². The van der Waals surface area contributed by atoms with Gasteiger partial charge < -0.3 is 9.47 Å². The van der Waals surface area contributed by atoms with Gasteiger partial charge in [-0.2, -0.15) is 0 Å². The lowest BCUT2D eigenvalue weighted by molar-refractivity contribution is 0.110. The summed E-state index contributed by atoms with van der Waals surface area (Å²) in [6.45, 7) is 5.70. The number of hydrogen-bond acceptors (Lipinski definition) is 5. The van der Waals surface area contributed by atoms with Gasteiger partial charge in [-0.3, -0.25) is 0 Å². The summed E-state index contributed by atoms with van der Waals surface area (Å²) in [4.78, 5) is 5.04. The number of hydrogen-bond donors (Lipinski definition) is 0. The molecule has 0 radical (unpaired) electrons. The summed E-state index contributed by atoms with van der Waals surface area (Å²) >= 11 is 0. The molecule has 27 heavy (non-hydrogen) atoms. The van der Waals surface area contributed by atoms with Crippen LogP contribution >= 0.6 is 0 Å². The van der Waals surface area contributed by atoms with Gasteiger partial charge in [-0.05, 0) is 49.7 Å². The molecule has 0 aliphatic heterocycles. The molecule has 5 nitrogen and oxygen atoms in total. The van der Waals surface area contributed by atoms with E-state index in [1.165, 1.54) is 6.26 Å². The molecule has 0 fully saturated rings. The molecule has 0 saturated heterocycles. The fourth-order valence-electron chi connectivity index (χ4n) is 2.86. The SMILES string of the molecule is CCOCCOc1ccc2c(C)cc(-c3ccc(S(C)(=O)=O)cc3)nc2c1. The Bertz CT molecular complexity index is 1040. The van der Waals surface area contributed by atoms with Crippen LogP contribution in [-0.2, 0) is 14.6 Å². The highest BCUT2D eigenvalue weighted by Crippen LogP contribution is 2.27. The van der Waals surface area contributed by atoms with E-state index >= 15 is 0 Å². The Morgan fingerprint density at radius 3 is 2.41 bits per heavy atom. The zero-order valence-corrected chi connectivity index (χ0v) is 16.5. The molecule has 0 spiro atoms. The largest absolute Gasteiger partial charge is 0.491 e. The highest BCUT2D eigenvalue weighted by molar-refractivity contribution is 7.90. The minimum atomic E-state index is -3.21. The fourth-order valence-corrected chi connectivity index (χ4v) is 3.49. The first-order chi connectivity index (χ1) is 12.9. The van der Waals surface area contributed by atoms with Crippen LogP contribution in [0.1, 0.15) is 12.5 Å². The third kappa shape index (κ3) is 4.64. The van der Waals surface area contributed by atoms with Crippen molar-refractivity contribution >= 4 is 20.7 Å². The number of sulfone groups is 1. The van der Waals surface area contributed by atoms with Crippen molar-refractivity contribution in [2.45, 2.75) is 18.7 Å². The van der Waals surface area contributed by atoms with E-state index in [1.807, 2.05) is 38.1 Å². The topological polar surface area (TPSA) is 65.5 Å². The Labute approximate surface area is 159 Å². The molecular weight excluding hydrogens is 362 g/mol. The number of pyridine rings is 1. The summed E-state index contributed by atoms with van der Waals surface area (Å²) in [6, 6.07) is 14.7. The average Bonchev–Trinajstić information content (AvgIpc) is 2.64. The summed E-state index contributed by atoms with van der Waals surface area (Å²) in [5.74, 6) is 0.749. The predicted octanol–water partition coefficient (Wildman–Crippen LogP) is 4.03. The van der Waals surface area contributed by atoms with Crippen molar-refractivity contribution in [3.8, 4) is 17.0 Å². The average molecular weight is 385 g/mol. The van der Waals surface area contributed by atoms with E-state index in [9.17, 15) is 8.42 Å². The third-order valence-corrected chi connectivity index (χ3v) is 5.40. The summed E-state index contributed by atoms with van der Waals surface area (Å²) in [6.07, 6.45) is 1.20. The van der Waals surface area contributed by atoms with Gasteiger partial charge in [-0.25, -0.2) is 13.4 Å². The van der Waals surface area contributed by atoms with Crippen LogP contribution in [0.4, 0.5) is 0 Å². The number of fused-ring (bicyclic) bond motifs is 1. The van der Waals surface area contributed by atoms with Crippen LogP contribution in [0.3, 0.4) is 0 Å². The molecule has 142 valence electrons. The van der Waals surface area contributed by atoms with Crippen molar-refractivity contribution in [2.24, 2.45) is 0 Å². The smallest absolute Gasteiger partial charge is 0.175 e. The number of nitrogens with zero attached hydrogens (tertiary/aromatic N) is 1. The molecule has 2 aromatic carbocycles. The molecule has 0 saturated carbocycles. The standard InChI is InChI=1S/C21H23NO4S/c1-4-25-11-12-26-17-7-10-19-15(2)13-20(22-21(19)14-17)16-5-8-18(9-6-16)27(3,23)24/h5-10,13-14H,4,11-12H2,1-3H3. The summed E-state index contributed by atoms with van der Waals surface area (Å²) in [7, 11) is -3.21. The Morgan fingerprint density at radius 1 is 1.00 bits per heavy atom. The predicted molar refractivity (Wildman–Crippen MR) is 107 cm³/mol. The van der Waals surface area contributed by atoms with E-state index in [0.29, 0.717) is 24.7 Å². The number of aromatic nitrogens is 1. The van der Waals surface area contributed by atoms with Crippen molar-refractivity contribution < 1.29 is 17.9 Å². The minimum Gasteiger partial charge on any atom is -0.491 e. The molecule has 0 bridgehead atoms. The monoisotopic (exact) mass is 385 g/mol. The van der Waals surface area contributed by atoms with E-state index < -0.39 is 9.84 Å². The van der Waals surface area contributed by atoms with Crippen molar-refractivity contribution in [3.63, 3.8) is 0 Å². The van der Waals surface area contributed by atoms with Crippen LogP contribution in [0.2, 0.25) is 0 Å². The van der Waals surface area contributed by atoms with Crippen LogP contribution in [0.5, 0.6) is 5.75 Å². The molecule has 0 amide bonds. The molecule has 6 heteroatoms. The Kier molecular flexibility index (Phi) is 5.77. The van der Waals surface area contributed by atoms with E-state index in [-0.39, 0.29) is 0 Å². The van der Waals surface area contributed by atoms with Crippen molar-refractivity contribution in [1.29, 1.82) is 0 Å². The lowest BCUT2D eigenvalue weighted by Gasteiger charge is -2.10. The highest BCUT2D eigenvalue weighted by Gasteiger charge is 2.10. The molecule has 0 N–H and O–H groups in total. The van der Waals surface area contributed by atoms with Gasteiger partial charge in [0.05, 0.1) is 22.7 Å². The van der Waals surface area contributed by atoms with Gasteiger partial charge in [0.25, 0.3) is 0 Å². The second-order valence-corrected chi connectivity index (χ2v) is 8.36. The highest BCUT2D eigenvalue weighted by atomic mass is 32.2. The maximum atomic E-state index is 11.6. The van der Waals surface area contributed by atoms with Gasteiger partial charge in [-0.15, -0.1) is 0 Å². The number of benzene rings is 2. The Balaban J connectivity index is 1.92. The second kappa shape index (κ2) is 8.06. The van der Waals surface area contributed by atoms with E-state index in [0.717, 1.165) is 33.5 Å². The molecule has 0 aliphatic rings. The fraction of sp³-hybridized carbons (Fsp3) is 0.286. The van der Waals surface area contributed by atoms with Crippen molar-refractivity contribution in [3.05, 3.63) is 54.1 Å². The Morgan fingerprint density at radius 2 is 1.74 bits per heavy atom. The quantitative estimate of drug-likeness (QED) is 0.575. The summed E-state index contributed by atoms with van der Waals surface area (Å²) < 4.78 is 34.3. The van der Waals surface area contributed by atoms with Crippen LogP contribution in [0, 0.1) is 6.92 Å². The molecule has 3 aromatic rings. The maximum Gasteiger partial charge on any atom is 0.175 e. The normalized spacial score (nSPS) is 11.7. The molecule has 0 atom stereocenters. The van der Waals surface area contributed by atoms with Gasteiger partial charge in [0.15, 0.2) is 9.84 Å². The second-order valence-electron chi connectivity index (χ2n) is 6.35. The first-order valence-electron chi connectivity index (χ1n) is 8.81. The lowest BCUT2D eigenvalue weighted by Crippen LogP contribution is -2.06. The van der Waals surface area contributed by atoms with Gasteiger partial charge in [-0.1, -0.05) is 12.1 Å². The van der Waals surface area contributed by atoms with Crippen molar-refractivity contribution in [1.82, 2.24) is 4.98 Å². The van der Waals surface area contributed by atoms with Crippen LogP contribution < -0.4 is 4.74 Å². The van der Waals surface area contributed by atoms with Crippen LogP contribution in [0.25, 0.3) is 22.2 Å². The van der Waals surface area contributed by atoms with E-state index in [1.54, 1.807) is 24.3 Å². The van der Waals surface area contributed by atoms with Crippen LogP contribution in [-0.4, -0.2) is 39.5 Å². The van der Waals surface area contributed by atoms with Gasteiger partial charge in [0.2, 0.25) is 0 Å². The lowest BCUT2D eigenvalue weighted by atomic mass is 10.0. The maximum absolute atomic E-state index is 11.6.